The lowest BCUT2D eigenvalue weighted by Crippen LogP contribution is -2.11. The Morgan fingerprint density at radius 2 is 2.14 bits per heavy atom. The second kappa shape index (κ2) is 6.78. The molecule has 0 amide bonds. The second-order valence-corrected chi connectivity index (χ2v) is 5.18. The number of methoxy groups -OCH3 is 1. The number of benzene rings is 1. The summed E-state index contributed by atoms with van der Waals surface area (Å²) in [6.07, 6.45) is 1.49. The molecule has 0 spiro atoms. The van der Waals surface area contributed by atoms with Crippen LogP contribution in [0.5, 0.6) is 11.5 Å². The minimum absolute atomic E-state index is 0.113. The van der Waals surface area contributed by atoms with Crippen molar-refractivity contribution in [1.82, 2.24) is 14.8 Å². The molecule has 1 heterocycles. The quantitative estimate of drug-likeness (QED) is 0.888. The van der Waals surface area contributed by atoms with Crippen LogP contribution in [0, 0.1) is 0 Å². The Bertz CT molecular complexity index is 614. The van der Waals surface area contributed by atoms with Gasteiger partial charge in [0, 0.05) is 6.04 Å². The SMILES string of the molecule is COc1cc(CO)cc(Cl)c1OCc1ncnn1C(C)C. The molecule has 0 aliphatic carbocycles. The number of ether oxygens (including phenoxy) is 2. The fourth-order valence-electron chi connectivity index (χ4n) is 1.95. The Labute approximate surface area is 128 Å². The van der Waals surface area contributed by atoms with Gasteiger partial charge in [0.05, 0.1) is 18.7 Å². The molecule has 0 atom stereocenters. The van der Waals surface area contributed by atoms with Gasteiger partial charge in [-0.25, -0.2) is 9.67 Å². The summed E-state index contributed by atoms with van der Waals surface area (Å²) in [5, 5.41) is 13.7. The maximum Gasteiger partial charge on any atom is 0.180 e. The van der Waals surface area contributed by atoms with Crippen molar-refractivity contribution in [2.75, 3.05) is 7.11 Å². The first-order valence-electron chi connectivity index (χ1n) is 6.55. The zero-order valence-corrected chi connectivity index (χ0v) is 13.0. The van der Waals surface area contributed by atoms with E-state index in [1.165, 1.54) is 13.4 Å². The van der Waals surface area contributed by atoms with E-state index in [9.17, 15) is 5.11 Å². The van der Waals surface area contributed by atoms with Gasteiger partial charge >= 0.3 is 0 Å². The highest BCUT2D eigenvalue weighted by Gasteiger charge is 2.14. The van der Waals surface area contributed by atoms with Crippen LogP contribution >= 0.6 is 11.6 Å². The summed E-state index contributed by atoms with van der Waals surface area (Å²) < 4.78 is 12.8. The summed E-state index contributed by atoms with van der Waals surface area (Å²) in [6.45, 7) is 4.15. The van der Waals surface area contributed by atoms with Crippen LogP contribution in [0.1, 0.15) is 31.3 Å². The van der Waals surface area contributed by atoms with Crippen LogP contribution in [0.25, 0.3) is 0 Å². The molecule has 7 heteroatoms. The average Bonchev–Trinajstić information content (AvgIpc) is 2.93. The number of hydrogen-bond donors (Lipinski definition) is 1. The maximum atomic E-state index is 9.17. The summed E-state index contributed by atoms with van der Waals surface area (Å²) in [6, 6.07) is 3.53. The topological polar surface area (TPSA) is 69.4 Å². The number of nitrogens with zero attached hydrogens (tertiary/aromatic N) is 3. The first kappa shape index (κ1) is 15.6. The Morgan fingerprint density at radius 3 is 2.76 bits per heavy atom. The minimum atomic E-state index is -0.113. The molecular formula is C14H18ClN3O3. The first-order chi connectivity index (χ1) is 10.1. The van der Waals surface area contributed by atoms with Crippen molar-refractivity contribution in [2.24, 2.45) is 0 Å². The molecule has 0 radical (unpaired) electrons. The molecule has 0 unspecified atom stereocenters. The van der Waals surface area contributed by atoms with Gasteiger partial charge < -0.3 is 14.6 Å². The molecule has 0 aliphatic heterocycles. The van der Waals surface area contributed by atoms with E-state index < -0.39 is 0 Å². The molecule has 6 nitrogen and oxygen atoms in total. The fourth-order valence-corrected chi connectivity index (χ4v) is 2.24. The van der Waals surface area contributed by atoms with Gasteiger partial charge in [0.15, 0.2) is 17.3 Å². The highest BCUT2D eigenvalue weighted by atomic mass is 35.5. The number of aliphatic hydroxyl groups is 1. The van der Waals surface area contributed by atoms with Crippen LogP contribution in [0.15, 0.2) is 18.5 Å². The average molecular weight is 312 g/mol. The minimum Gasteiger partial charge on any atom is -0.493 e. The highest BCUT2D eigenvalue weighted by Crippen LogP contribution is 2.36. The molecule has 114 valence electrons. The van der Waals surface area contributed by atoms with E-state index in [-0.39, 0.29) is 19.3 Å². The van der Waals surface area contributed by atoms with Crippen LogP contribution in [0.3, 0.4) is 0 Å². The van der Waals surface area contributed by atoms with Crippen LogP contribution in [0.2, 0.25) is 5.02 Å². The van der Waals surface area contributed by atoms with Crippen LogP contribution in [-0.4, -0.2) is 27.0 Å². The van der Waals surface area contributed by atoms with Crippen molar-refractivity contribution in [1.29, 1.82) is 0 Å². The molecule has 1 aromatic carbocycles. The van der Waals surface area contributed by atoms with E-state index in [4.69, 9.17) is 21.1 Å². The summed E-state index contributed by atoms with van der Waals surface area (Å²) in [7, 11) is 1.52. The summed E-state index contributed by atoms with van der Waals surface area (Å²) >= 11 is 6.18. The van der Waals surface area contributed by atoms with Gasteiger partial charge in [0.25, 0.3) is 0 Å². The number of aromatic nitrogens is 3. The molecular weight excluding hydrogens is 294 g/mol. The molecule has 2 aromatic rings. The van der Waals surface area contributed by atoms with Gasteiger partial charge in [-0.2, -0.15) is 5.10 Å². The van der Waals surface area contributed by atoms with Crippen molar-refractivity contribution in [3.63, 3.8) is 0 Å². The van der Waals surface area contributed by atoms with Gasteiger partial charge in [0.1, 0.15) is 12.9 Å². The largest absolute Gasteiger partial charge is 0.493 e. The van der Waals surface area contributed by atoms with E-state index in [0.717, 1.165) is 0 Å². The summed E-state index contributed by atoms with van der Waals surface area (Å²) in [5.41, 5.74) is 0.662. The van der Waals surface area contributed by atoms with Crippen molar-refractivity contribution in [3.05, 3.63) is 34.9 Å². The molecule has 0 fully saturated rings. The molecule has 0 bridgehead atoms. The molecule has 0 saturated carbocycles. The van der Waals surface area contributed by atoms with Gasteiger partial charge in [-0.1, -0.05) is 11.6 Å². The van der Waals surface area contributed by atoms with Crippen molar-refractivity contribution in [2.45, 2.75) is 33.1 Å². The number of rotatable bonds is 6. The van der Waals surface area contributed by atoms with Crippen LogP contribution in [0.4, 0.5) is 0 Å². The lowest BCUT2D eigenvalue weighted by molar-refractivity contribution is 0.263. The third-order valence-electron chi connectivity index (χ3n) is 2.95. The van der Waals surface area contributed by atoms with Gasteiger partial charge in [-0.05, 0) is 31.5 Å². The molecule has 0 saturated heterocycles. The Morgan fingerprint density at radius 1 is 1.38 bits per heavy atom. The monoisotopic (exact) mass is 311 g/mol. The molecule has 1 N–H and O–H groups in total. The predicted molar refractivity (Wildman–Crippen MR) is 78.7 cm³/mol. The number of halogens is 1. The Balaban J connectivity index is 2.21. The van der Waals surface area contributed by atoms with Gasteiger partial charge in [-0.15, -0.1) is 0 Å². The van der Waals surface area contributed by atoms with Crippen molar-refractivity contribution < 1.29 is 14.6 Å². The number of aliphatic hydroxyl groups excluding tert-OH is 1. The Kier molecular flexibility index (Phi) is 5.03. The van der Waals surface area contributed by atoms with E-state index in [2.05, 4.69) is 10.1 Å². The van der Waals surface area contributed by atoms with E-state index >= 15 is 0 Å². The third kappa shape index (κ3) is 3.46. The molecule has 2 rings (SSSR count). The zero-order valence-electron chi connectivity index (χ0n) is 12.2. The third-order valence-corrected chi connectivity index (χ3v) is 3.23. The molecule has 1 aromatic heterocycles. The van der Waals surface area contributed by atoms with Gasteiger partial charge in [-0.3, -0.25) is 0 Å². The van der Waals surface area contributed by atoms with Gasteiger partial charge in [0.2, 0.25) is 0 Å². The van der Waals surface area contributed by atoms with Crippen molar-refractivity contribution in [3.8, 4) is 11.5 Å². The van der Waals surface area contributed by atoms with E-state index in [1.807, 2.05) is 13.8 Å². The maximum absolute atomic E-state index is 9.17. The van der Waals surface area contributed by atoms with Crippen molar-refractivity contribution >= 4 is 11.6 Å². The van der Waals surface area contributed by atoms with Crippen LogP contribution in [-0.2, 0) is 13.2 Å². The highest BCUT2D eigenvalue weighted by molar-refractivity contribution is 6.32. The molecule has 21 heavy (non-hydrogen) atoms. The van der Waals surface area contributed by atoms with E-state index in [1.54, 1.807) is 16.8 Å². The summed E-state index contributed by atoms with van der Waals surface area (Å²) in [5.74, 6) is 1.60. The number of hydrogen-bond acceptors (Lipinski definition) is 5. The standard InChI is InChI=1S/C14H18ClN3O3/c1-9(2)18-13(16-8-17-18)7-21-14-11(15)4-10(6-19)5-12(14)20-3/h4-5,8-9,19H,6-7H2,1-3H3. The van der Waals surface area contributed by atoms with Crippen LogP contribution < -0.4 is 9.47 Å². The first-order valence-corrected chi connectivity index (χ1v) is 6.93. The summed E-state index contributed by atoms with van der Waals surface area (Å²) in [4.78, 5) is 4.17. The lowest BCUT2D eigenvalue weighted by Gasteiger charge is -2.14. The second-order valence-electron chi connectivity index (χ2n) is 4.77. The Hall–Kier alpha value is -1.79. The zero-order chi connectivity index (χ0) is 15.4. The fraction of sp³-hybridized carbons (Fsp3) is 0.429. The molecule has 0 aliphatic rings. The smallest absolute Gasteiger partial charge is 0.180 e. The van der Waals surface area contributed by atoms with E-state index in [0.29, 0.717) is 27.9 Å². The normalized spacial score (nSPS) is 11.0. The predicted octanol–water partition coefficient (Wildman–Crippen LogP) is 2.59. The lowest BCUT2D eigenvalue weighted by atomic mass is 10.2.